The number of nitrogens with zero attached hydrogens (tertiary/aromatic N) is 1. The molecule has 0 aromatic heterocycles. The van der Waals surface area contributed by atoms with Crippen molar-refractivity contribution < 1.29 is 14.3 Å². The molecule has 30 heavy (non-hydrogen) atoms. The van der Waals surface area contributed by atoms with Gasteiger partial charge in [-0.3, -0.25) is 9.59 Å². The Hall–Kier alpha value is -2.24. The van der Waals surface area contributed by atoms with E-state index in [1.807, 2.05) is 26.0 Å². The number of hydrogen-bond donors (Lipinski definition) is 1. The molecule has 0 aliphatic heterocycles. The van der Waals surface area contributed by atoms with Crippen molar-refractivity contribution in [2.24, 2.45) is 0 Å². The Morgan fingerprint density at radius 1 is 0.967 bits per heavy atom. The van der Waals surface area contributed by atoms with Crippen LogP contribution in [-0.4, -0.2) is 35.4 Å². The van der Waals surface area contributed by atoms with Crippen molar-refractivity contribution in [2.75, 3.05) is 6.61 Å². The average molecular weight is 451 g/mol. The first-order valence-corrected chi connectivity index (χ1v) is 10.7. The Morgan fingerprint density at radius 3 is 2.10 bits per heavy atom. The maximum atomic E-state index is 12.9. The normalized spacial score (nSPS) is 11.8. The van der Waals surface area contributed by atoms with Crippen LogP contribution in [0.2, 0.25) is 10.0 Å². The monoisotopic (exact) mass is 450 g/mol. The van der Waals surface area contributed by atoms with Gasteiger partial charge in [0.05, 0.1) is 6.61 Å². The van der Waals surface area contributed by atoms with Gasteiger partial charge in [-0.1, -0.05) is 35.3 Å². The van der Waals surface area contributed by atoms with Crippen molar-refractivity contribution in [3.05, 3.63) is 64.1 Å². The van der Waals surface area contributed by atoms with Crippen LogP contribution in [0.15, 0.2) is 48.5 Å². The predicted octanol–water partition coefficient (Wildman–Crippen LogP) is 5.09. The van der Waals surface area contributed by atoms with Gasteiger partial charge in [-0.15, -0.1) is 0 Å². The summed E-state index contributed by atoms with van der Waals surface area (Å²) in [5.41, 5.74) is 0.911. The Bertz CT molecular complexity index is 823. The largest absolute Gasteiger partial charge is 0.494 e. The van der Waals surface area contributed by atoms with Gasteiger partial charge in [0.1, 0.15) is 11.8 Å². The van der Waals surface area contributed by atoms with Gasteiger partial charge in [-0.05, 0) is 69.2 Å². The molecule has 5 nitrogen and oxygen atoms in total. The van der Waals surface area contributed by atoms with Gasteiger partial charge in [-0.25, -0.2) is 0 Å². The van der Waals surface area contributed by atoms with Crippen molar-refractivity contribution in [3.63, 3.8) is 0 Å². The van der Waals surface area contributed by atoms with Gasteiger partial charge in [0.15, 0.2) is 0 Å². The maximum absolute atomic E-state index is 12.9. The number of rotatable bonds is 10. The molecule has 7 heteroatoms. The van der Waals surface area contributed by atoms with Crippen LogP contribution in [0.1, 0.15) is 39.2 Å². The van der Waals surface area contributed by atoms with Crippen LogP contribution >= 0.6 is 23.2 Å². The molecule has 1 N–H and O–H groups in total. The van der Waals surface area contributed by atoms with E-state index in [0.29, 0.717) is 35.4 Å². The molecule has 0 bridgehead atoms. The number of ether oxygens (including phenoxy) is 1. The summed E-state index contributed by atoms with van der Waals surface area (Å²) < 4.78 is 5.66. The lowest BCUT2D eigenvalue weighted by Gasteiger charge is -2.29. The molecular weight excluding hydrogens is 423 g/mol. The molecule has 2 rings (SSSR count). The molecule has 0 radical (unpaired) electrons. The number of carbonyl (C=O) groups is 2. The summed E-state index contributed by atoms with van der Waals surface area (Å²) in [5, 5.41) is 4.15. The Kier molecular flexibility index (Phi) is 9.47. The summed E-state index contributed by atoms with van der Waals surface area (Å²) in [5.74, 6) is 0.426. The summed E-state index contributed by atoms with van der Waals surface area (Å²) in [6, 6.07) is 13.8. The number of nitrogens with one attached hydrogen (secondary N) is 1. The highest BCUT2D eigenvalue weighted by Gasteiger charge is 2.26. The van der Waals surface area contributed by atoms with Crippen LogP contribution in [0.4, 0.5) is 0 Å². The minimum absolute atomic E-state index is 0.000194. The molecule has 2 amide bonds. The van der Waals surface area contributed by atoms with E-state index < -0.39 is 6.04 Å². The molecule has 2 aromatic carbocycles. The standard InChI is InChI=1S/C23H28Cl2N2O3/c1-16(2)26-23(29)17(3)27(15-18-6-8-19(24)9-7-18)22(28)5-4-14-30-21-12-10-20(25)11-13-21/h6-13,16-17H,4-5,14-15H2,1-3H3,(H,26,29). The van der Waals surface area contributed by atoms with Crippen LogP contribution in [-0.2, 0) is 16.1 Å². The smallest absolute Gasteiger partial charge is 0.242 e. The van der Waals surface area contributed by atoms with E-state index >= 15 is 0 Å². The second-order valence-corrected chi connectivity index (χ2v) is 8.27. The predicted molar refractivity (Wildman–Crippen MR) is 121 cm³/mol. The zero-order valence-corrected chi connectivity index (χ0v) is 19.0. The van der Waals surface area contributed by atoms with E-state index in [0.717, 1.165) is 5.56 Å². The molecule has 162 valence electrons. The molecule has 2 aromatic rings. The van der Waals surface area contributed by atoms with Crippen molar-refractivity contribution >= 4 is 35.0 Å². The Morgan fingerprint density at radius 2 is 1.53 bits per heavy atom. The van der Waals surface area contributed by atoms with Crippen molar-refractivity contribution in [2.45, 2.75) is 52.2 Å². The van der Waals surface area contributed by atoms with E-state index in [1.165, 1.54) is 0 Å². The van der Waals surface area contributed by atoms with Crippen LogP contribution in [0.3, 0.4) is 0 Å². The highest BCUT2D eigenvalue weighted by Crippen LogP contribution is 2.17. The fraction of sp³-hybridized carbons (Fsp3) is 0.391. The number of hydrogen-bond acceptors (Lipinski definition) is 3. The second-order valence-electron chi connectivity index (χ2n) is 7.39. The average Bonchev–Trinajstić information content (AvgIpc) is 2.71. The van der Waals surface area contributed by atoms with Gasteiger partial charge in [0, 0.05) is 29.1 Å². The third kappa shape index (κ3) is 7.88. The second kappa shape index (κ2) is 11.8. The summed E-state index contributed by atoms with van der Waals surface area (Å²) in [6.07, 6.45) is 0.817. The lowest BCUT2D eigenvalue weighted by atomic mass is 10.1. The fourth-order valence-corrected chi connectivity index (χ4v) is 3.11. The van der Waals surface area contributed by atoms with Gasteiger partial charge < -0.3 is 15.0 Å². The van der Waals surface area contributed by atoms with E-state index in [1.54, 1.807) is 48.2 Å². The third-order valence-corrected chi connectivity index (χ3v) is 4.99. The first kappa shape index (κ1) is 24.0. The molecule has 0 spiro atoms. The van der Waals surface area contributed by atoms with Crippen LogP contribution in [0.25, 0.3) is 0 Å². The van der Waals surface area contributed by atoms with Crippen LogP contribution < -0.4 is 10.1 Å². The maximum Gasteiger partial charge on any atom is 0.242 e. The van der Waals surface area contributed by atoms with E-state index in [2.05, 4.69) is 5.32 Å². The Labute approximate surface area is 188 Å². The number of halogens is 2. The van der Waals surface area contributed by atoms with E-state index in [9.17, 15) is 9.59 Å². The van der Waals surface area contributed by atoms with Crippen LogP contribution in [0, 0.1) is 0 Å². The topological polar surface area (TPSA) is 58.6 Å². The first-order chi connectivity index (χ1) is 14.3. The summed E-state index contributed by atoms with van der Waals surface area (Å²) in [7, 11) is 0. The van der Waals surface area contributed by atoms with Crippen molar-refractivity contribution in [3.8, 4) is 5.75 Å². The zero-order chi connectivity index (χ0) is 22.1. The van der Waals surface area contributed by atoms with Gasteiger partial charge >= 0.3 is 0 Å². The third-order valence-electron chi connectivity index (χ3n) is 4.48. The van der Waals surface area contributed by atoms with Gasteiger partial charge in [0.25, 0.3) is 0 Å². The summed E-state index contributed by atoms with van der Waals surface area (Å²) >= 11 is 11.8. The number of amides is 2. The van der Waals surface area contributed by atoms with Gasteiger partial charge in [-0.2, -0.15) is 0 Å². The SMILES string of the molecule is CC(C)NC(=O)C(C)N(Cc1ccc(Cl)cc1)C(=O)CCCOc1ccc(Cl)cc1. The lowest BCUT2D eigenvalue weighted by molar-refractivity contribution is -0.141. The molecule has 0 aliphatic rings. The molecule has 0 aliphatic carbocycles. The van der Waals surface area contributed by atoms with Crippen molar-refractivity contribution in [1.82, 2.24) is 10.2 Å². The minimum atomic E-state index is -0.590. The molecule has 0 fully saturated rings. The highest BCUT2D eigenvalue weighted by molar-refractivity contribution is 6.30. The lowest BCUT2D eigenvalue weighted by Crippen LogP contribution is -2.49. The van der Waals surface area contributed by atoms with E-state index in [4.69, 9.17) is 27.9 Å². The summed E-state index contributed by atoms with van der Waals surface area (Å²) in [4.78, 5) is 27.1. The molecule has 1 atom stereocenters. The quantitative estimate of drug-likeness (QED) is 0.512. The first-order valence-electron chi connectivity index (χ1n) is 9.99. The molecular formula is C23H28Cl2N2O3. The zero-order valence-electron chi connectivity index (χ0n) is 17.5. The van der Waals surface area contributed by atoms with Crippen LogP contribution in [0.5, 0.6) is 5.75 Å². The Balaban J connectivity index is 1.98. The van der Waals surface area contributed by atoms with E-state index in [-0.39, 0.29) is 24.3 Å². The number of benzene rings is 2. The number of carbonyl (C=O) groups excluding carboxylic acids is 2. The molecule has 0 heterocycles. The van der Waals surface area contributed by atoms with Crippen molar-refractivity contribution in [1.29, 1.82) is 0 Å². The minimum Gasteiger partial charge on any atom is -0.494 e. The highest BCUT2D eigenvalue weighted by atomic mass is 35.5. The van der Waals surface area contributed by atoms with Gasteiger partial charge in [0.2, 0.25) is 11.8 Å². The molecule has 0 saturated heterocycles. The molecule has 0 saturated carbocycles. The molecule has 1 unspecified atom stereocenters. The fourth-order valence-electron chi connectivity index (χ4n) is 2.86. The summed E-state index contributed by atoms with van der Waals surface area (Å²) in [6.45, 7) is 6.26.